The molecule has 2 aromatic rings. The zero-order valence-electron chi connectivity index (χ0n) is 31.5. The summed E-state index contributed by atoms with van der Waals surface area (Å²) in [5.41, 5.74) is 0.546. The van der Waals surface area contributed by atoms with Gasteiger partial charge in [-0.05, 0) is 85.8 Å². The normalized spacial score (nSPS) is 34.1. The van der Waals surface area contributed by atoms with Crippen LogP contribution < -0.4 is 10.2 Å². The number of carbonyl (C=O) groups excluding carboxylic acids is 2. The lowest BCUT2D eigenvalue weighted by molar-refractivity contribution is -0.197. The molecule has 0 radical (unpaired) electrons. The van der Waals surface area contributed by atoms with E-state index in [9.17, 15) is 19.8 Å². The van der Waals surface area contributed by atoms with E-state index in [4.69, 9.17) is 18.9 Å². The molecule has 0 amide bonds. The maximum Gasteiger partial charge on any atom is 0.342 e. The van der Waals surface area contributed by atoms with Crippen LogP contribution in [0, 0.1) is 22.7 Å². The summed E-state index contributed by atoms with van der Waals surface area (Å²) >= 11 is 0. The van der Waals surface area contributed by atoms with Crippen LogP contribution in [0.4, 0.5) is 11.5 Å². The molecular weight excluding hydrogens is 676 g/mol. The second kappa shape index (κ2) is 14.8. The molecule has 2 aliphatic carbocycles. The van der Waals surface area contributed by atoms with E-state index in [1.165, 1.54) is 0 Å². The Labute approximate surface area is 312 Å². The Bertz CT molecular complexity index is 1720. The van der Waals surface area contributed by atoms with Gasteiger partial charge in [-0.1, -0.05) is 32.0 Å². The fraction of sp³-hybridized carbons (Fsp3) is 0.585. The molecule has 53 heavy (non-hydrogen) atoms. The first-order valence-electron chi connectivity index (χ1n) is 19.0. The fourth-order valence-corrected chi connectivity index (χ4v) is 9.98. The number of hydrogen-bond donors (Lipinski definition) is 3. The van der Waals surface area contributed by atoms with Crippen LogP contribution in [0.15, 0.2) is 66.1 Å². The summed E-state index contributed by atoms with van der Waals surface area (Å²) in [4.78, 5) is 36.6. The molecule has 5 aliphatic rings. The summed E-state index contributed by atoms with van der Waals surface area (Å²) in [5, 5.41) is 25.9. The van der Waals surface area contributed by atoms with E-state index in [1.807, 2.05) is 68.4 Å². The number of aromatic nitrogens is 1. The molecule has 12 nitrogen and oxygen atoms in total. The van der Waals surface area contributed by atoms with Crippen molar-refractivity contribution in [2.75, 3.05) is 70.4 Å². The number of carbonyl (C=O) groups is 2. The molecule has 8 atom stereocenters. The second-order valence-corrected chi connectivity index (χ2v) is 16.0. The van der Waals surface area contributed by atoms with E-state index in [0.29, 0.717) is 49.6 Å². The fourth-order valence-electron chi connectivity index (χ4n) is 9.98. The van der Waals surface area contributed by atoms with Crippen LogP contribution in [0.25, 0.3) is 5.57 Å². The number of morpholine rings is 1. The number of benzene rings is 1. The van der Waals surface area contributed by atoms with Gasteiger partial charge in [0.15, 0.2) is 0 Å². The number of aliphatic hydroxyl groups excluding tert-OH is 2. The Morgan fingerprint density at radius 1 is 1.15 bits per heavy atom. The number of allylic oxidation sites excluding steroid dienone is 1. The lowest BCUT2D eigenvalue weighted by Crippen LogP contribution is -2.68. The van der Waals surface area contributed by atoms with Gasteiger partial charge in [0.2, 0.25) is 0 Å². The topological polar surface area (TPSA) is 146 Å². The van der Waals surface area contributed by atoms with Crippen molar-refractivity contribution in [2.24, 2.45) is 22.7 Å². The first-order valence-corrected chi connectivity index (χ1v) is 19.0. The summed E-state index contributed by atoms with van der Waals surface area (Å²) in [6, 6.07) is 12.5. The number of ether oxygens (including phenoxy) is 4. The smallest absolute Gasteiger partial charge is 0.342 e. The van der Waals surface area contributed by atoms with Crippen molar-refractivity contribution in [2.45, 2.75) is 70.2 Å². The number of anilines is 2. The van der Waals surface area contributed by atoms with Gasteiger partial charge >= 0.3 is 11.9 Å². The van der Waals surface area contributed by atoms with Crippen molar-refractivity contribution in [3.05, 3.63) is 71.6 Å². The van der Waals surface area contributed by atoms with Crippen molar-refractivity contribution in [1.29, 1.82) is 0 Å². The average molecular weight is 731 g/mol. The number of nitrogens with one attached hydrogen (secondary N) is 1. The largest absolute Gasteiger partial charge is 0.462 e. The number of esters is 2. The summed E-state index contributed by atoms with van der Waals surface area (Å²) < 4.78 is 23.9. The monoisotopic (exact) mass is 730 g/mol. The van der Waals surface area contributed by atoms with Gasteiger partial charge in [0, 0.05) is 50.5 Å². The van der Waals surface area contributed by atoms with Gasteiger partial charge in [0.25, 0.3) is 0 Å². The van der Waals surface area contributed by atoms with Crippen molar-refractivity contribution >= 4 is 29.0 Å². The molecule has 4 fully saturated rings. The molecule has 1 aromatic carbocycles. The van der Waals surface area contributed by atoms with Crippen LogP contribution in [0.5, 0.6) is 0 Å². The highest BCUT2D eigenvalue weighted by molar-refractivity contribution is 6.19. The molecule has 1 aromatic heterocycles. The molecule has 1 spiro atoms. The average Bonchev–Trinajstić information content (AvgIpc) is 3.85. The Balaban J connectivity index is 1.33. The van der Waals surface area contributed by atoms with E-state index >= 15 is 0 Å². The molecule has 7 rings (SSSR count). The maximum atomic E-state index is 14.1. The van der Waals surface area contributed by atoms with Gasteiger partial charge in [-0.25, -0.2) is 14.6 Å². The van der Waals surface area contributed by atoms with Gasteiger partial charge in [0.1, 0.15) is 22.8 Å². The third-order valence-electron chi connectivity index (χ3n) is 13.0. The molecule has 3 aliphatic heterocycles. The van der Waals surface area contributed by atoms with Gasteiger partial charge in [-0.3, -0.25) is 4.90 Å². The predicted molar refractivity (Wildman–Crippen MR) is 200 cm³/mol. The number of rotatable bonds is 11. The number of hydrogen-bond acceptors (Lipinski definition) is 12. The maximum absolute atomic E-state index is 14.1. The molecule has 2 saturated carbocycles. The molecule has 12 heteroatoms. The van der Waals surface area contributed by atoms with Crippen LogP contribution in [-0.2, 0) is 28.5 Å². The number of fused-ring (bicyclic) bond motifs is 1. The Morgan fingerprint density at radius 3 is 2.51 bits per heavy atom. The first kappa shape index (κ1) is 37.5. The minimum Gasteiger partial charge on any atom is -0.462 e. The Hall–Kier alpha value is -3.81. The van der Waals surface area contributed by atoms with Gasteiger partial charge in [-0.2, -0.15) is 0 Å². The number of epoxide rings is 1. The second-order valence-electron chi connectivity index (χ2n) is 16.0. The third kappa shape index (κ3) is 6.77. The summed E-state index contributed by atoms with van der Waals surface area (Å²) in [6.07, 6.45) is 5.33. The minimum absolute atomic E-state index is 0.0209. The van der Waals surface area contributed by atoms with E-state index in [2.05, 4.69) is 22.1 Å². The van der Waals surface area contributed by atoms with Gasteiger partial charge in [-0.15, -0.1) is 0 Å². The first-order chi connectivity index (χ1) is 25.4. The van der Waals surface area contributed by atoms with E-state index in [1.54, 1.807) is 19.2 Å². The molecule has 2 saturated heterocycles. The van der Waals surface area contributed by atoms with Crippen LogP contribution in [0.3, 0.4) is 0 Å². The number of pyridine rings is 1. The van der Waals surface area contributed by atoms with E-state index < -0.39 is 35.1 Å². The molecule has 3 N–H and O–H groups in total. The lowest BCUT2D eigenvalue weighted by Gasteiger charge is -2.64. The highest BCUT2D eigenvalue weighted by Crippen LogP contribution is 2.67. The van der Waals surface area contributed by atoms with Crippen molar-refractivity contribution in [3.8, 4) is 0 Å². The van der Waals surface area contributed by atoms with Crippen molar-refractivity contribution in [1.82, 2.24) is 9.88 Å². The minimum atomic E-state index is -0.714. The molecular formula is C41H54N4O8. The van der Waals surface area contributed by atoms with Crippen LogP contribution in [0.1, 0.15) is 52.0 Å². The SMILES string of the molecule is CCOC(=O)C(=C1C=C(C(CC2C3(CO3)C(N3CCOCC3)CC3[C@]2(C)CC[C@@H](O)[C@@]3(C)CO)Nc2ccccn2)C(=O)O1)c1ccc(N(C)C)cc1. The van der Waals surface area contributed by atoms with E-state index in [-0.39, 0.29) is 47.8 Å². The Morgan fingerprint density at radius 2 is 1.89 bits per heavy atom. The zero-order chi connectivity index (χ0) is 37.5. The molecule has 0 bridgehead atoms. The molecule has 4 heterocycles. The summed E-state index contributed by atoms with van der Waals surface area (Å²) in [7, 11) is 3.88. The summed E-state index contributed by atoms with van der Waals surface area (Å²) in [6.45, 7) is 9.51. The zero-order valence-corrected chi connectivity index (χ0v) is 31.5. The third-order valence-corrected chi connectivity index (χ3v) is 13.0. The quantitative estimate of drug-likeness (QED) is 0.174. The standard InChI is InChI=1S/C41H54N4O8/c1-6-51-38(49)36(26-10-12-27(13-11-26)44(4)5)30-21-28(37(48)53-30)29(43-35-9-7-8-16-42-35)22-32-39(2)15-14-34(47)40(3,24-46)31(39)23-33(41(32)25-52-41)45-17-19-50-20-18-45/h7-13,16,21,29,31-34,46-47H,6,14-15,17-20,22-25H2,1-5H3,(H,42,43)/t29?,31?,32?,33?,34-,39+,40+,41?/m1/s1. The number of cyclic esters (lactones) is 1. The van der Waals surface area contributed by atoms with Gasteiger partial charge < -0.3 is 39.4 Å². The lowest BCUT2D eigenvalue weighted by atomic mass is 9.43. The number of nitrogens with zero attached hydrogens (tertiary/aromatic N) is 3. The molecule has 5 unspecified atom stereocenters. The van der Waals surface area contributed by atoms with Crippen LogP contribution in [-0.4, -0.2) is 116 Å². The highest BCUT2D eigenvalue weighted by atomic mass is 16.6. The van der Waals surface area contributed by atoms with Crippen LogP contribution in [0.2, 0.25) is 0 Å². The molecule has 286 valence electrons. The highest BCUT2D eigenvalue weighted by Gasteiger charge is 2.71. The van der Waals surface area contributed by atoms with Crippen molar-refractivity contribution in [3.63, 3.8) is 0 Å². The van der Waals surface area contributed by atoms with Crippen molar-refractivity contribution < 1.29 is 38.7 Å². The predicted octanol–water partition coefficient (Wildman–Crippen LogP) is 4.04. The van der Waals surface area contributed by atoms with Gasteiger partial charge in [0.05, 0.1) is 50.8 Å². The number of aliphatic hydroxyl groups is 2. The van der Waals surface area contributed by atoms with E-state index in [0.717, 1.165) is 31.6 Å². The Kier molecular flexibility index (Phi) is 10.5. The summed E-state index contributed by atoms with van der Waals surface area (Å²) in [5.74, 6) is -0.490. The van der Waals surface area contributed by atoms with Crippen LogP contribution >= 0.6 is 0 Å².